The maximum absolute atomic E-state index is 13.3. The number of methoxy groups -OCH3 is 1. The fourth-order valence-corrected chi connectivity index (χ4v) is 1.45. The van der Waals surface area contributed by atoms with Gasteiger partial charge in [-0.3, -0.25) is 0 Å². The maximum atomic E-state index is 13.3. The van der Waals surface area contributed by atoms with Crippen molar-refractivity contribution >= 4 is 22.0 Å². The molecular weight excluding hydrogens is 253 g/mol. The molecule has 5 heteroatoms. The van der Waals surface area contributed by atoms with Gasteiger partial charge in [0.2, 0.25) is 6.08 Å². The van der Waals surface area contributed by atoms with E-state index in [1.54, 1.807) is 0 Å². The van der Waals surface area contributed by atoms with Crippen LogP contribution in [0.4, 0.5) is 4.39 Å². The van der Waals surface area contributed by atoms with Crippen LogP contribution in [0.1, 0.15) is 5.56 Å². The Morgan fingerprint density at radius 2 is 2.36 bits per heavy atom. The van der Waals surface area contributed by atoms with Gasteiger partial charge in [0.25, 0.3) is 0 Å². The van der Waals surface area contributed by atoms with E-state index in [1.807, 2.05) is 0 Å². The molecule has 0 spiro atoms. The van der Waals surface area contributed by atoms with Crippen molar-refractivity contribution in [2.24, 2.45) is 4.99 Å². The second-order valence-electron chi connectivity index (χ2n) is 2.49. The Hall–Kier alpha value is -1.19. The number of aliphatic imine (C=N–C) groups is 1. The van der Waals surface area contributed by atoms with Crippen molar-refractivity contribution < 1.29 is 13.9 Å². The van der Waals surface area contributed by atoms with Crippen molar-refractivity contribution in [3.05, 3.63) is 28.0 Å². The van der Waals surface area contributed by atoms with Crippen LogP contribution in [-0.2, 0) is 11.3 Å². The zero-order valence-corrected chi connectivity index (χ0v) is 8.97. The third kappa shape index (κ3) is 2.40. The van der Waals surface area contributed by atoms with E-state index in [0.717, 1.165) is 0 Å². The van der Waals surface area contributed by atoms with Crippen LogP contribution >= 0.6 is 15.9 Å². The number of isocyanates is 1. The van der Waals surface area contributed by atoms with Crippen LogP contribution < -0.4 is 4.74 Å². The number of carbonyl (C=O) groups excluding carboxylic acids is 1. The first-order valence-corrected chi connectivity index (χ1v) is 4.54. The smallest absolute Gasteiger partial charge is 0.235 e. The molecule has 0 saturated heterocycles. The van der Waals surface area contributed by atoms with Crippen LogP contribution in [0.25, 0.3) is 0 Å². The Balaban J connectivity index is 3.12. The highest BCUT2D eigenvalue weighted by Gasteiger charge is 2.08. The molecule has 1 aromatic carbocycles. The number of nitrogens with zero attached hydrogens (tertiary/aromatic N) is 1. The number of benzene rings is 1. The van der Waals surface area contributed by atoms with Gasteiger partial charge in [0.15, 0.2) is 0 Å². The van der Waals surface area contributed by atoms with Crippen LogP contribution in [0.3, 0.4) is 0 Å². The van der Waals surface area contributed by atoms with Crippen LogP contribution in [-0.4, -0.2) is 13.2 Å². The van der Waals surface area contributed by atoms with Gasteiger partial charge in [0.05, 0.1) is 18.1 Å². The van der Waals surface area contributed by atoms with Crippen LogP contribution in [0, 0.1) is 5.82 Å². The van der Waals surface area contributed by atoms with E-state index in [-0.39, 0.29) is 11.0 Å². The quantitative estimate of drug-likeness (QED) is 0.618. The lowest BCUT2D eigenvalue weighted by Gasteiger charge is -2.05. The summed E-state index contributed by atoms with van der Waals surface area (Å²) < 4.78 is 18.6. The minimum absolute atomic E-state index is 0.0366. The molecule has 0 aliphatic heterocycles. The van der Waals surface area contributed by atoms with Gasteiger partial charge >= 0.3 is 0 Å². The summed E-state index contributed by atoms with van der Waals surface area (Å²) in [5.74, 6) is 0.0687. The van der Waals surface area contributed by atoms with E-state index in [1.165, 1.54) is 25.3 Å². The minimum Gasteiger partial charge on any atom is -0.497 e. The molecule has 0 N–H and O–H groups in total. The summed E-state index contributed by atoms with van der Waals surface area (Å²) in [4.78, 5) is 13.2. The van der Waals surface area contributed by atoms with Gasteiger partial charge in [-0.1, -0.05) is 0 Å². The third-order valence-corrected chi connectivity index (χ3v) is 2.20. The number of hydrogen-bond acceptors (Lipinski definition) is 3. The Morgan fingerprint density at radius 1 is 1.64 bits per heavy atom. The van der Waals surface area contributed by atoms with E-state index in [0.29, 0.717) is 11.3 Å². The highest BCUT2D eigenvalue weighted by molar-refractivity contribution is 9.10. The van der Waals surface area contributed by atoms with E-state index >= 15 is 0 Å². The van der Waals surface area contributed by atoms with Crippen molar-refractivity contribution in [2.75, 3.05) is 7.11 Å². The molecule has 0 heterocycles. The highest BCUT2D eigenvalue weighted by Crippen LogP contribution is 2.25. The molecule has 74 valence electrons. The van der Waals surface area contributed by atoms with Gasteiger partial charge < -0.3 is 4.74 Å². The molecule has 3 nitrogen and oxygen atoms in total. The molecule has 0 atom stereocenters. The summed E-state index contributed by atoms with van der Waals surface area (Å²) in [5.41, 5.74) is 0.291. The number of ether oxygens (including phenoxy) is 1. The first-order valence-electron chi connectivity index (χ1n) is 3.74. The molecule has 1 aromatic rings. The Bertz CT molecular complexity index is 389. The van der Waals surface area contributed by atoms with E-state index in [2.05, 4.69) is 20.9 Å². The van der Waals surface area contributed by atoms with E-state index in [9.17, 15) is 9.18 Å². The normalized spacial score (nSPS) is 9.36. The van der Waals surface area contributed by atoms with Crippen molar-refractivity contribution in [2.45, 2.75) is 6.54 Å². The van der Waals surface area contributed by atoms with Crippen molar-refractivity contribution in [1.29, 1.82) is 0 Å². The van der Waals surface area contributed by atoms with Gasteiger partial charge in [-0.2, -0.15) is 0 Å². The Kier molecular flexibility index (Phi) is 3.80. The first kappa shape index (κ1) is 10.9. The molecule has 0 fully saturated rings. The summed E-state index contributed by atoms with van der Waals surface area (Å²) in [6.45, 7) is -0.0366. The van der Waals surface area contributed by atoms with Gasteiger partial charge in [-0.25, -0.2) is 14.2 Å². The lowest BCUT2D eigenvalue weighted by Crippen LogP contribution is -1.92. The molecule has 1 rings (SSSR count). The van der Waals surface area contributed by atoms with E-state index < -0.39 is 5.82 Å². The van der Waals surface area contributed by atoms with E-state index in [4.69, 9.17) is 4.74 Å². The van der Waals surface area contributed by atoms with Gasteiger partial charge in [-0.15, -0.1) is 0 Å². The highest BCUT2D eigenvalue weighted by atomic mass is 79.9. The SMILES string of the molecule is COc1cc(Br)c(F)c(CN=C=O)c1. The fourth-order valence-electron chi connectivity index (χ4n) is 0.969. The fraction of sp³-hybridized carbons (Fsp3) is 0.222. The summed E-state index contributed by atoms with van der Waals surface area (Å²) in [6, 6.07) is 2.99. The maximum Gasteiger partial charge on any atom is 0.235 e. The molecule has 14 heavy (non-hydrogen) atoms. The van der Waals surface area contributed by atoms with Crippen molar-refractivity contribution in [3.8, 4) is 5.75 Å². The summed E-state index contributed by atoms with van der Waals surface area (Å²) in [5, 5.41) is 0. The number of rotatable bonds is 3. The lowest BCUT2D eigenvalue weighted by molar-refractivity contribution is 0.412. The Labute approximate surface area is 88.7 Å². The number of halogens is 2. The van der Waals surface area contributed by atoms with Crippen molar-refractivity contribution in [3.63, 3.8) is 0 Å². The molecule has 0 bridgehead atoms. The van der Waals surface area contributed by atoms with Gasteiger partial charge in [0, 0.05) is 5.56 Å². The van der Waals surface area contributed by atoms with Crippen LogP contribution in [0.2, 0.25) is 0 Å². The molecule has 0 aromatic heterocycles. The second kappa shape index (κ2) is 4.88. The molecule has 0 saturated carbocycles. The predicted octanol–water partition coefficient (Wildman–Crippen LogP) is 2.43. The molecule has 0 radical (unpaired) electrons. The van der Waals surface area contributed by atoms with Gasteiger partial charge in [0.1, 0.15) is 11.6 Å². The molecular formula is C9H7BrFNO2. The minimum atomic E-state index is -0.440. The number of hydrogen-bond donors (Lipinski definition) is 0. The topological polar surface area (TPSA) is 38.7 Å². The molecule has 0 unspecified atom stereocenters. The monoisotopic (exact) mass is 259 g/mol. The molecule has 0 aliphatic rings. The largest absolute Gasteiger partial charge is 0.497 e. The average Bonchev–Trinajstić information content (AvgIpc) is 2.20. The third-order valence-electron chi connectivity index (χ3n) is 1.63. The van der Waals surface area contributed by atoms with Crippen LogP contribution in [0.15, 0.2) is 21.6 Å². The summed E-state index contributed by atoms with van der Waals surface area (Å²) in [6.07, 6.45) is 1.35. The summed E-state index contributed by atoms with van der Waals surface area (Å²) >= 11 is 3.03. The second-order valence-corrected chi connectivity index (χ2v) is 3.34. The Morgan fingerprint density at radius 3 is 2.93 bits per heavy atom. The first-order chi connectivity index (χ1) is 6.69. The zero-order valence-electron chi connectivity index (χ0n) is 7.38. The summed E-state index contributed by atoms with van der Waals surface area (Å²) in [7, 11) is 1.48. The van der Waals surface area contributed by atoms with Crippen LogP contribution in [0.5, 0.6) is 5.75 Å². The average molecular weight is 260 g/mol. The lowest BCUT2D eigenvalue weighted by atomic mass is 10.2. The molecule has 0 aliphatic carbocycles. The standard InChI is InChI=1S/C9H7BrFNO2/c1-14-7-2-6(4-12-5-13)9(11)8(10)3-7/h2-3H,4H2,1H3. The van der Waals surface area contributed by atoms with Gasteiger partial charge in [-0.05, 0) is 28.1 Å². The predicted molar refractivity (Wildman–Crippen MR) is 52.5 cm³/mol. The van der Waals surface area contributed by atoms with Crippen molar-refractivity contribution in [1.82, 2.24) is 0 Å². The molecule has 0 amide bonds. The zero-order chi connectivity index (χ0) is 10.6.